The Morgan fingerprint density at radius 3 is 2.65 bits per heavy atom. The highest BCUT2D eigenvalue weighted by Crippen LogP contribution is 2.14. The highest BCUT2D eigenvalue weighted by atomic mass is 32.1. The molecule has 3 N–H and O–H groups in total. The van der Waals surface area contributed by atoms with E-state index in [-0.39, 0.29) is 5.91 Å². The molecular formula is C14H21N3O2S. The first kappa shape index (κ1) is 16.4. The molecule has 0 radical (unpaired) electrons. The van der Waals surface area contributed by atoms with Crippen molar-refractivity contribution >= 4 is 34.6 Å². The monoisotopic (exact) mass is 295 g/mol. The lowest BCUT2D eigenvalue weighted by atomic mass is 10.3. The van der Waals surface area contributed by atoms with Crippen molar-refractivity contribution in [2.75, 3.05) is 30.4 Å². The maximum absolute atomic E-state index is 11.0. The molecule has 0 saturated carbocycles. The molecule has 0 aliphatic heterocycles. The van der Waals surface area contributed by atoms with E-state index in [0.29, 0.717) is 5.11 Å². The summed E-state index contributed by atoms with van der Waals surface area (Å²) in [5.74, 6) is -0.0984. The molecule has 1 aromatic rings. The lowest BCUT2D eigenvalue weighted by Gasteiger charge is -2.11. The number of benzene rings is 1. The average Bonchev–Trinajstić information content (AvgIpc) is 2.38. The highest BCUT2D eigenvalue weighted by molar-refractivity contribution is 7.80. The third-order valence-electron chi connectivity index (χ3n) is 2.40. The van der Waals surface area contributed by atoms with E-state index in [9.17, 15) is 4.79 Å². The van der Waals surface area contributed by atoms with Gasteiger partial charge in [0.2, 0.25) is 5.91 Å². The summed E-state index contributed by atoms with van der Waals surface area (Å²) in [4.78, 5) is 11.0. The lowest BCUT2D eigenvalue weighted by Crippen LogP contribution is -2.29. The number of ether oxygens (including phenoxy) is 1. The van der Waals surface area contributed by atoms with Crippen LogP contribution >= 0.6 is 12.2 Å². The summed E-state index contributed by atoms with van der Waals surface area (Å²) >= 11 is 5.19. The minimum absolute atomic E-state index is 0.0984. The predicted molar refractivity (Wildman–Crippen MR) is 86.1 cm³/mol. The van der Waals surface area contributed by atoms with Crippen molar-refractivity contribution in [3.05, 3.63) is 24.3 Å². The Hall–Kier alpha value is -1.66. The summed E-state index contributed by atoms with van der Waals surface area (Å²) in [5, 5.41) is 9.46. The molecule has 1 amide bonds. The number of thiocarbonyl (C=S) groups is 1. The van der Waals surface area contributed by atoms with Gasteiger partial charge in [-0.05, 0) is 43.8 Å². The topological polar surface area (TPSA) is 62.4 Å². The second-order valence-electron chi connectivity index (χ2n) is 4.19. The molecular weight excluding hydrogens is 274 g/mol. The average molecular weight is 295 g/mol. The molecule has 0 aromatic heterocycles. The summed E-state index contributed by atoms with van der Waals surface area (Å²) in [7, 11) is 0. The minimum Gasteiger partial charge on any atom is -0.382 e. The molecule has 0 heterocycles. The van der Waals surface area contributed by atoms with Gasteiger partial charge in [0.25, 0.3) is 0 Å². The number of hydrogen-bond donors (Lipinski definition) is 3. The van der Waals surface area contributed by atoms with E-state index in [1.54, 1.807) is 0 Å². The third kappa shape index (κ3) is 7.06. The van der Waals surface area contributed by atoms with E-state index < -0.39 is 0 Å². The van der Waals surface area contributed by atoms with Crippen molar-refractivity contribution in [2.24, 2.45) is 0 Å². The molecule has 1 rings (SSSR count). The first-order valence-corrected chi connectivity index (χ1v) is 7.03. The zero-order valence-electron chi connectivity index (χ0n) is 11.9. The first-order valence-electron chi connectivity index (χ1n) is 6.62. The van der Waals surface area contributed by atoms with Crippen molar-refractivity contribution in [1.82, 2.24) is 5.32 Å². The molecule has 5 nitrogen and oxygen atoms in total. The van der Waals surface area contributed by atoms with Crippen molar-refractivity contribution < 1.29 is 9.53 Å². The van der Waals surface area contributed by atoms with Crippen molar-refractivity contribution in [3.8, 4) is 0 Å². The first-order chi connectivity index (χ1) is 9.61. The Morgan fingerprint density at radius 2 is 2.00 bits per heavy atom. The Bertz CT molecular complexity index is 452. The van der Waals surface area contributed by atoms with E-state index >= 15 is 0 Å². The van der Waals surface area contributed by atoms with Crippen LogP contribution in [-0.4, -0.2) is 30.8 Å². The number of nitrogens with one attached hydrogen (secondary N) is 3. The summed E-state index contributed by atoms with van der Waals surface area (Å²) < 4.78 is 5.24. The number of carbonyl (C=O) groups is 1. The van der Waals surface area contributed by atoms with Gasteiger partial charge in [-0.1, -0.05) is 6.07 Å². The predicted octanol–water partition coefficient (Wildman–Crippen LogP) is 2.36. The molecule has 0 bridgehead atoms. The van der Waals surface area contributed by atoms with Crippen molar-refractivity contribution in [1.29, 1.82) is 0 Å². The van der Waals surface area contributed by atoms with E-state index in [4.69, 9.17) is 17.0 Å². The van der Waals surface area contributed by atoms with E-state index in [0.717, 1.165) is 37.6 Å². The molecule has 110 valence electrons. The van der Waals surface area contributed by atoms with Gasteiger partial charge in [-0.3, -0.25) is 4.79 Å². The lowest BCUT2D eigenvalue weighted by molar-refractivity contribution is -0.114. The van der Waals surface area contributed by atoms with Crippen LogP contribution < -0.4 is 16.0 Å². The molecule has 6 heteroatoms. The maximum atomic E-state index is 11.0. The van der Waals surface area contributed by atoms with Crippen molar-refractivity contribution in [2.45, 2.75) is 20.3 Å². The summed E-state index contributed by atoms with van der Waals surface area (Å²) in [5.41, 5.74) is 1.57. The summed E-state index contributed by atoms with van der Waals surface area (Å²) in [6, 6.07) is 7.39. The van der Waals surface area contributed by atoms with E-state index in [1.807, 2.05) is 31.2 Å². The van der Waals surface area contributed by atoms with Crippen LogP contribution in [0.2, 0.25) is 0 Å². The normalized spacial score (nSPS) is 9.90. The molecule has 0 fully saturated rings. The Kier molecular flexibility index (Phi) is 7.60. The molecule has 0 unspecified atom stereocenters. The van der Waals surface area contributed by atoms with Crippen LogP contribution in [0.1, 0.15) is 20.3 Å². The number of amides is 1. The quantitative estimate of drug-likeness (QED) is 0.532. The number of carbonyl (C=O) groups excluding carboxylic acids is 1. The zero-order chi connectivity index (χ0) is 14.8. The smallest absolute Gasteiger partial charge is 0.221 e. The maximum Gasteiger partial charge on any atom is 0.221 e. The fraction of sp³-hybridized carbons (Fsp3) is 0.429. The Morgan fingerprint density at radius 1 is 1.30 bits per heavy atom. The van der Waals surface area contributed by atoms with Gasteiger partial charge in [-0.25, -0.2) is 0 Å². The van der Waals surface area contributed by atoms with Crippen LogP contribution in [-0.2, 0) is 9.53 Å². The van der Waals surface area contributed by atoms with Gasteiger partial charge in [-0.2, -0.15) is 0 Å². The molecule has 0 atom stereocenters. The largest absolute Gasteiger partial charge is 0.382 e. The molecule has 20 heavy (non-hydrogen) atoms. The minimum atomic E-state index is -0.0984. The zero-order valence-corrected chi connectivity index (χ0v) is 12.7. The second kappa shape index (κ2) is 9.28. The SMILES string of the molecule is CCOCCCNC(=S)Nc1cccc(NC(C)=O)c1. The molecule has 0 aliphatic carbocycles. The van der Waals surface area contributed by atoms with Gasteiger partial charge in [0.05, 0.1) is 0 Å². The summed E-state index contributed by atoms with van der Waals surface area (Å²) in [6.07, 6.45) is 0.904. The summed E-state index contributed by atoms with van der Waals surface area (Å²) in [6.45, 7) is 5.67. The van der Waals surface area contributed by atoms with E-state index in [1.165, 1.54) is 6.92 Å². The fourth-order valence-corrected chi connectivity index (χ4v) is 1.79. The standard InChI is InChI=1S/C14H21N3O2S/c1-3-19-9-5-8-15-14(20)17-13-7-4-6-12(10-13)16-11(2)18/h4,6-7,10H,3,5,8-9H2,1-2H3,(H,16,18)(H2,15,17,20). The Labute approximate surface area is 125 Å². The van der Waals surface area contributed by atoms with Gasteiger partial charge >= 0.3 is 0 Å². The second-order valence-corrected chi connectivity index (χ2v) is 4.60. The van der Waals surface area contributed by atoms with Gasteiger partial charge in [0, 0.05) is 38.1 Å². The van der Waals surface area contributed by atoms with Gasteiger partial charge in [0.15, 0.2) is 5.11 Å². The molecule has 0 aliphatic rings. The number of anilines is 2. The number of hydrogen-bond acceptors (Lipinski definition) is 3. The van der Waals surface area contributed by atoms with Crippen LogP contribution in [0.25, 0.3) is 0 Å². The molecule has 0 spiro atoms. The van der Waals surface area contributed by atoms with Gasteiger partial charge in [0.1, 0.15) is 0 Å². The van der Waals surface area contributed by atoms with Crippen LogP contribution in [0.5, 0.6) is 0 Å². The number of rotatable bonds is 7. The van der Waals surface area contributed by atoms with Crippen LogP contribution in [0, 0.1) is 0 Å². The third-order valence-corrected chi connectivity index (χ3v) is 2.64. The van der Waals surface area contributed by atoms with Crippen LogP contribution in [0.4, 0.5) is 11.4 Å². The Balaban J connectivity index is 2.36. The van der Waals surface area contributed by atoms with Crippen LogP contribution in [0.3, 0.4) is 0 Å². The van der Waals surface area contributed by atoms with Crippen molar-refractivity contribution in [3.63, 3.8) is 0 Å². The fourth-order valence-electron chi connectivity index (χ4n) is 1.57. The molecule has 1 aromatic carbocycles. The highest BCUT2D eigenvalue weighted by Gasteiger charge is 2.00. The van der Waals surface area contributed by atoms with Gasteiger partial charge < -0.3 is 20.7 Å². The van der Waals surface area contributed by atoms with E-state index in [2.05, 4.69) is 16.0 Å². The van der Waals surface area contributed by atoms with Crippen LogP contribution in [0.15, 0.2) is 24.3 Å². The van der Waals surface area contributed by atoms with Gasteiger partial charge in [-0.15, -0.1) is 0 Å². The molecule has 0 saturated heterocycles.